The van der Waals surface area contributed by atoms with Gasteiger partial charge in [0.1, 0.15) is 0 Å². The van der Waals surface area contributed by atoms with E-state index in [-0.39, 0.29) is 18.0 Å². The molecule has 0 unspecified atom stereocenters. The highest BCUT2D eigenvalue weighted by molar-refractivity contribution is 5.96. The number of rotatable bonds is 7. The molecule has 1 aromatic carbocycles. The minimum Gasteiger partial charge on any atom is -0.348 e. The van der Waals surface area contributed by atoms with Gasteiger partial charge in [0.2, 0.25) is 0 Å². The van der Waals surface area contributed by atoms with Gasteiger partial charge in [-0.25, -0.2) is 4.98 Å². The zero-order valence-electron chi connectivity index (χ0n) is 21.1. The van der Waals surface area contributed by atoms with E-state index in [0.717, 1.165) is 54.0 Å². The molecule has 0 spiro atoms. The molecule has 0 saturated carbocycles. The fourth-order valence-electron chi connectivity index (χ4n) is 4.56. The highest BCUT2D eigenvalue weighted by Crippen LogP contribution is 2.29. The number of carbonyl (C=O) groups excluding carboxylic acids is 1. The predicted molar refractivity (Wildman–Crippen MR) is 141 cm³/mol. The number of aromatic amines is 1. The largest absolute Gasteiger partial charge is 0.348 e. The van der Waals surface area contributed by atoms with Crippen LogP contribution in [0.4, 0.5) is 0 Å². The summed E-state index contributed by atoms with van der Waals surface area (Å²) in [5.41, 5.74) is 7.67. The van der Waals surface area contributed by atoms with Crippen molar-refractivity contribution < 1.29 is 4.79 Å². The summed E-state index contributed by atoms with van der Waals surface area (Å²) in [5.74, 6) is -0.213. The van der Waals surface area contributed by atoms with Crippen LogP contribution in [-0.4, -0.2) is 34.9 Å². The normalized spacial score (nSPS) is 13.6. The third kappa shape index (κ3) is 6.14. The van der Waals surface area contributed by atoms with Crippen LogP contribution >= 0.6 is 0 Å². The van der Waals surface area contributed by atoms with Gasteiger partial charge in [-0.1, -0.05) is 30.3 Å². The van der Waals surface area contributed by atoms with Crippen LogP contribution in [0.2, 0.25) is 0 Å². The second-order valence-corrected chi connectivity index (χ2v) is 9.66. The van der Waals surface area contributed by atoms with Crippen molar-refractivity contribution in [1.29, 1.82) is 0 Å². The van der Waals surface area contributed by atoms with E-state index in [1.165, 1.54) is 17.6 Å². The van der Waals surface area contributed by atoms with Crippen molar-refractivity contribution in [3.63, 3.8) is 0 Å². The summed E-state index contributed by atoms with van der Waals surface area (Å²) >= 11 is 0. The topological polar surface area (TPSA) is 78.1 Å². The van der Waals surface area contributed by atoms with Gasteiger partial charge in [-0.05, 0) is 88.5 Å². The Morgan fingerprint density at radius 2 is 1.80 bits per heavy atom. The number of H-pyrrole nitrogens is 1. The number of allylic oxidation sites excluding steroid dienone is 2. The predicted octanol–water partition coefficient (Wildman–Crippen LogP) is 5.00. The number of nitrogens with zero attached hydrogens (tertiary/aromatic N) is 2. The zero-order valence-corrected chi connectivity index (χ0v) is 21.1. The average molecular weight is 471 g/mol. The van der Waals surface area contributed by atoms with Crippen molar-refractivity contribution in [2.75, 3.05) is 14.1 Å². The van der Waals surface area contributed by atoms with Gasteiger partial charge in [-0.2, -0.15) is 0 Å². The van der Waals surface area contributed by atoms with E-state index in [1.807, 2.05) is 46.1 Å². The van der Waals surface area contributed by atoms with Crippen LogP contribution in [0.5, 0.6) is 0 Å². The molecule has 6 heteroatoms. The standard InChI is InChI=1S/C29H34N4O2/c1-19-14-20(2)31-29(35)25(19)17-30-28(34)24-15-26(22-8-6-5-7-9-22)32-27(16-24)23-12-10-21(11-13-23)18-33(3)4/h8,10-16H,5-7,9,17-18H2,1-4H3,(H,30,34)(H,31,35). The number of benzene rings is 1. The van der Waals surface area contributed by atoms with Crippen LogP contribution in [0.25, 0.3) is 16.8 Å². The number of hydrogen-bond acceptors (Lipinski definition) is 4. The molecule has 4 rings (SSSR count). The lowest BCUT2D eigenvalue weighted by molar-refractivity contribution is 0.0950. The Labute approximate surface area is 207 Å². The van der Waals surface area contributed by atoms with Gasteiger partial charge in [0.05, 0.1) is 11.4 Å². The Morgan fingerprint density at radius 1 is 1.06 bits per heavy atom. The van der Waals surface area contributed by atoms with Crippen LogP contribution in [0.1, 0.15) is 64.1 Å². The van der Waals surface area contributed by atoms with Gasteiger partial charge in [0.25, 0.3) is 11.5 Å². The molecule has 2 aromatic heterocycles. The number of pyridine rings is 2. The molecule has 0 fully saturated rings. The Morgan fingerprint density at radius 3 is 2.46 bits per heavy atom. The maximum absolute atomic E-state index is 13.2. The SMILES string of the molecule is Cc1cc(C)c(CNC(=O)c2cc(C3=CCCCC3)nc(-c3ccc(CN(C)C)cc3)c2)c(=O)[nH]1. The van der Waals surface area contributed by atoms with Crippen molar-refractivity contribution in [2.24, 2.45) is 0 Å². The zero-order chi connectivity index (χ0) is 24.9. The minimum atomic E-state index is -0.213. The van der Waals surface area contributed by atoms with Crippen LogP contribution in [0.3, 0.4) is 0 Å². The Kier molecular flexibility index (Phi) is 7.61. The molecule has 0 bridgehead atoms. The average Bonchev–Trinajstić information content (AvgIpc) is 2.83. The summed E-state index contributed by atoms with van der Waals surface area (Å²) in [6.45, 7) is 4.78. The highest BCUT2D eigenvalue weighted by Gasteiger charge is 2.16. The van der Waals surface area contributed by atoms with E-state index in [4.69, 9.17) is 4.98 Å². The Bertz CT molecular complexity index is 1300. The molecule has 3 aromatic rings. The lowest BCUT2D eigenvalue weighted by Crippen LogP contribution is -2.28. The summed E-state index contributed by atoms with van der Waals surface area (Å²) < 4.78 is 0. The first-order chi connectivity index (χ1) is 16.8. The summed E-state index contributed by atoms with van der Waals surface area (Å²) in [4.78, 5) is 35.5. The van der Waals surface area contributed by atoms with Gasteiger partial charge in [-0.3, -0.25) is 9.59 Å². The molecule has 35 heavy (non-hydrogen) atoms. The Balaban J connectivity index is 1.65. The van der Waals surface area contributed by atoms with Crippen LogP contribution in [0.15, 0.2) is 53.3 Å². The number of aromatic nitrogens is 2. The van der Waals surface area contributed by atoms with E-state index < -0.39 is 0 Å². The van der Waals surface area contributed by atoms with Crippen molar-refractivity contribution in [1.82, 2.24) is 20.2 Å². The van der Waals surface area contributed by atoms with E-state index in [1.54, 1.807) is 0 Å². The fraction of sp³-hybridized carbons (Fsp3) is 0.345. The first-order valence-corrected chi connectivity index (χ1v) is 12.2. The van der Waals surface area contributed by atoms with Gasteiger partial charge < -0.3 is 15.2 Å². The van der Waals surface area contributed by atoms with Crippen molar-refractivity contribution in [3.05, 3.63) is 92.5 Å². The fourth-order valence-corrected chi connectivity index (χ4v) is 4.56. The Hall–Kier alpha value is -3.51. The number of hydrogen-bond donors (Lipinski definition) is 2. The van der Waals surface area contributed by atoms with Gasteiger partial charge in [-0.15, -0.1) is 0 Å². The minimum absolute atomic E-state index is 0.163. The molecule has 0 radical (unpaired) electrons. The first kappa shape index (κ1) is 24.6. The maximum Gasteiger partial charge on any atom is 0.253 e. The number of nitrogens with one attached hydrogen (secondary N) is 2. The van der Waals surface area contributed by atoms with Gasteiger partial charge in [0.15, 0.2) is 0 Å². The van der Waals surface area contributed by atoms with E-state index >= 15 is 0 Å². The molecule has 2 heterocycles. The molecule has 0 atom stereocenters. The number of aryl methyl sites for hydroxylation is 2. The lowest BCUT2D eigenvalue weighted by Gasteiger charge is -2.16. The van der Waals surface area contributed by atoms with Crippen LogP contribution in [0, 0.1) is 13.8 Å². The van der Waals surface area contributed by atoms with E-state index in [0.29, 0.717) is 11.1 Å². The molecular weight excluding hydrogens is 436 g/mol. The third-order valence-electron chi connectivity index (χ3n) is 6.38. The quantitative estimate of drug-likeness (QED) is 0.509. The molecule has 1 amide bonds. The van der Waals surface area contributed by atoms with Crippen LogP contribution in [-0.2, 0) is 13.1 Å². The molecule has 0 saturated heterocycles. The second kappa shape index (κ2) is 10.8. The number of carbonyl (C=O) groups is 1. The smallest absolute Gasteiger partial charge is 0.253 e. The second-order valence-electron chi connectivity index (χ2n) is 9.66. The lowest BCUT2D eigenvalue weighted by atomic mass is 9.95. The molecular formula is C29H34N4O2. The molecule has 1 aliphatic carbocycles. The summed E-state index contributed by atoms with van der Waals surface area (Å²) in [6, 6.07) is 14.0. The van der Waals surface area contributed by atoms with Crippen molar-refractivity contribution in [3.8, 4) is 11.3 Å². The summed E-state index contributed by atoms with van der Waals surface area (Å²) in [7, 11) is 4.10. The van der Waals surface area contributed by atoms with E-state index in [9.17, 15) is 9.59 Å². The van der Waals surface area contributed by atoms with Crippen LogP contribution < -0.4 is 10.9 Å². The van der Waals surface area contributed by atoms with Gasteiger partial charge >= 0.3 is 0 Å². The summed E-state index contributed by atoms with van der Waals surface area (Å²) in [6.07, 6.45) is 6.57. The van der Waals surface area contributed by atoms with E-state index in [2.05, 4.69) is 45.5 Å². The number of amides is 1. The van der Waals surface area contributed by atoms with Crippen molar-refractivity contribution >= 4 is 11.5 Å². The monoisotopic (exact) mass is 470 g/mol. The third-order valence-corrected chi connectivity index (χ3v) is 6.38. The highest BCUT2D eigenvalue weighted by atomic mass is 16.1. The molecule has 0 aliphatic heterocycles. The maximum atomic E-state index is 13.2. The summed E-state index contributed by atoms with van der Waals surface area (Å²) in [5, 5.41) is 2.94. The van der Waals surface area contributed by atoms with Crippen molar-refractivity contribution in [2.45, 2.75) is 52.6 Å². The molecule has 182 valence electrons. The molecule has 6 nitrogen and oxygen atoms in total. The van der Waals surface area contributed by atoms with Gasteiger partial charge in [0, 0.05) is 35.5 Å². The first-order valence-electron chi connectivity index (χ1n) is 12.2. The molecule has 1 aliphatic rings. The molecule has 2 N–H and O–H groups in total.